The van der Waals surface area contributed by atoms with Crippen LogP contribution in [0, 0.1) is 11.8 Å². The molecule has 0 N–H and O–H groups in total. The van der Waals surface area contributed by atoms with Crippen molar-refractivity contribution < 1.29 is 9.53 Å². The summed E-state index contributed by atoms with van der Waals surface area (Å²) in [6, 6.07) is 0. The first-order valence-electron chi connectivity index (χ1n) is 12.3. The van der Waals surface area contributed by atoms with E-state index in [4.69, 9.17) is 4.74 Å². The van der Waals surface area contributed by atoms with E-state index in [0.717, 1.165) is 24.7 Å². The summed E-state index contributed by atoms with van der Waals surface area (Å²) in [5.41, 5.74) is 0.492. The van der Waals surface area contributed by atoms with Gasteiger partial charge in [0.2, 0.25) is 0 Å². The van der Waals surface area contributed by atoms with Crippen LogP contribution in [0.25, 0.3) is 0 Å². The smallest absolute Gasteiger partial charge is 0.333 e. The third kappa shape index (κ3) is 20.0. The fourth-order valence-electron chi connectivity index (χ4n) is 3.66. The summed E-state index contributed by atoms with van der Waals surface area (Å²) in [5.74, 6) is 1.52. The number of carbonyl (C=O) groups excluding carboxylic acids is 1. The van der Waals surface area contributed by atoms with E-state index in [-0.39, 0.29) is 5.97 Å². The second kappa shape index (κ2) is 19.5. The lowest BCUT2D eigenvalue weighted by molar-refractivity contribution is -0.139. The molecule has 166 valence electrons. The Hall–Kier alpha value is -0.790. The third-order valence-corrected chi connectivity index (χ3v) is 5.65. The van der Waals surface area contributed by atoms with Gasteiger partial charge in [-0.25, -0.2) is 4.79 Å². The average molecular weight is 395 g/mol. The second-order valence-electron chi connectivity index (χ2n) is 9.38. The molecule has 0 heterocycles. The summed E-state index contributed by atoms with van der Waals surface area (Å²) in [6.45, 7) is 12.9. The summed E-state index contributed by atoms with van der Waals surface area (Å²) in [5, 5.41) is 0. The molecule has 1 unspecified atom stereocenters. The van der Waals surface area contributed by atoms with Gasteiger partial charge in [-0.3, -0.25) is 0 Å². The Labute approximate surface area is 176 Å². The predicted molar refractivity (Wildman–Crippen MR) is 124 cm³/mol. The van der Waals surface area contributed by atoms with E-state index in [1.54, 1.807) is 6.92 Å². The Morgan fingerprint density at radius 2 is 1.07 bits per heavy atom. The zero-order valence-corrected chi connectivity index (χ0v) is 19.7. The lowest BCUT2D eigenvalue weighted by atomic mass is 9.95. The summed E-state index contributed by atoms with van der Waals surface area (Å²) in [6.07, 6.45) is 21.7. The molecule has 0 aromatic carbocycles. The molecule has 2 nitrogen and oxygen atoms in total. The molecule has 0 bridgehead atoms. The minimum Gasteiger partial charge on any atom is -0.462 e. The molecule has 0 rings (SSSR count). The molecule has 0 aromatic heterocycles. The normalized spacial score (nSPS) is 12.3. The molecule has 1 atom stereocenters. The van der Waals surface area contributed by atoms with Crippen molar-refractivity contribution in [1.29, 1.82) is 0 Å². The Morgan fingerprint density at radius 3 is 1.50 bits per heavy atom. The number of carbonyl (C=O) groups is 1. The quantitative estimate of drug-likeness (QED) is 0.117. The van der Waals surface area contributed by atoms with Gasteiger partial charge in [-0.1, -0.05) is 124 Å². The van der Waals surface area contributed by atoms with Crippen molar-refractivity contribution in [3.05, 3.63) is 12.2 Å². The van der Waals surface area contributed by atoms with Gasteiger partial charge in [0.05, 0.1) is 6.61 Å². The number of unbranched alkanes of at least 4 members (excludes halogenated alkanes) is 11. The van der Waals surface area contributed by atoms with E-state index in [1.165, 1.54) is 89.9 Å². The van der Waals surface area contributed by atoms with Crippen LogP contribution in [0.5, 0.6) is 0 Å². The van der Waals surface area contributed by atoms with Crippen molar-refractivity contribution in [2.75, 3.05) is 6.61 Å². The first kappa shape index (κ1) is 27.2. The zero-order chi connectivity index (χ0) is 21.0. The largest absolute Gasteiger partial charge is 0.462 e. The fourth-order valence-corrected chi connectivity index (χ4v) is 3.66. The first-order valence-corrected chi connectivity index (χ1v) is 12.3. The van der Waals surface area contributed by atoms with Gasteiger partial charge in [0.15, 0.2) is 0 Å². The van der Waals surface area contributed by atoms with Gasteiger partial charge in [0, 0.05) is 5.57 Å². The molecule has 0 aromatic rings. The summed E-state index contributed by atoms with van der Waals surface area (Å²) in [4.78, 5) is 11.2. The number of hydrogen-bond acceptors (Lipinski definition) is 2. The molecule has 0 aliphatic carbocycles. The Balaban J connectivity index is 3.24. The highest BCUT2D eigenvalue weighted by Crippen LogP contribution is 2.19. The van der Waals surface area contributed by atoms with Crippen LogP contribution in [0.4, 0.5) is 0 Å². The van der Waals surface area contributed by atoms with E-state index < -0.39 is 0 Å². The Kier molecular flexibility index (Phi) is 19.0. The van der Waals surface area contributed by atoms with Crippen LogP contribution in [-0.2, 0) is 9.53 Å². The van der Waals surface area contributed by atoms with Crippen molar-refractivity contribution >= 4 is 5.97 Å². The van der Waals surface area contributed by atoms with Crippen molar-refractivity contribution in [3.63, 3.8) is 0 Å². The summed E-state index contributed by atoms with van der Waals surface area (Å²) in [7, 11) is 0. The SMILES string of the molecule is C=C(C)C(=O)OCCCCCCCCC(C)CCCCCCCCCC(C)C. The van der Waals surface area contributed by atoms with Crippen LogP contribution < -0.4 is 0 Å². The maximum Gasteiger partial charge on any atom is 0.333 e. The Morgan fingerprint density at radius 1 is 0.679 bits per heavy atom. The van der Waals surface area contributed by atoms with E-state index in [0.29, 0.717) is 12.2 Å². The lowest BCUT2D eigenvalue weighted by Gasteiger charge is -2.11. The van der Waals surface area contributed by atoms with E-state index >= 15 is 0 Å². The predicted octanol–water partition coefficient (Wildman–Crippen LogP) is 8.64. The monoisotopic (exact) mass is 394 g/mol. The van der Waals surface area contributed by atoms with Crippen LogP contribution in [0.15, 0.2) is 12.2 Å². The topological polar surface area (TPSA) is 26.3 Å². The molecule has 28 heavy (non-hydrogen) atoms. The standard InChI is InChI=1S/C26H50O2/c1-23(2)19-15-11-7-6-8-12-16-20-25(5)21-17-13-9-10-14-18-22-28-26(27)24(3)4/h23,25H,3,6-22H2,1-2,4-5H3. The number of ether oxygens (including phenoxy) is 1. The van der Waals surface area contributed by atoms with Crippen LogP contribution >= 0.6 is 0 Å². The lowest BCUT2D eigenvalue weighted by Crippen LogP contribution is -2.05. The van der Waals surface area contributed by atoms with Crippen LogP contribution in [-0.4, -0.2) is 12.6 Å². The molecule has 2 heteroatoms. The van der Waals surface area contributed by atoms with Crippen LogP contribution in [0.2, 0.25) is 0 Å². The minimum atomic E-state index is -0.254. The maximum atomic E-state index is 11.2. The second-order valence-corrected chi connectivity index (χ2v) is 9.38. The van der Waals surface area contributed by atoms with Gasteiger partial charge in [-0.2, -0.15) is 0 Å². The van der Waals surface area contributed by atoms with Gasteiger partial charge in [0.25, 0.3) is 0 Å². The minimum absolute atomic E-state index is 0.254. The molecule has 0 aliphatic rings. The number of hydrogen-bond donors (Lipinski definition) is 0. The Bertz CT molecular complexity index is 373. The van der Waals surface area contributed by atoms with Crippen LogP contribution in [0.1, 0.15) is 130 Å². The van der Waals surface area contributed by atoms with Crippen molar-refractivity contribution in [2.24, 2.45) is 11.8 Å². The molecule has 0 amide bonds. The fraction of sp³-hybridized carbons (Fsp3) is 0.885. The molecule has 0 fully saturated rings. The van der Waals surface area contributed by atoms with Crippen molar-refractivity contribution in [2.45, 2.75) is 130 Å². The number of rotatable bonds is 20. The molecule has 0 saturated heterocycles. The van der Waals surface area contributed by atoms with E-state index in [9.17, 15) is 4.79 Å². The zero-order valence-electron chi connectivity index (χ0n) is 19.7. The molecule has 0 saturated carbocycles. The van der Waals surface area contributed by atoms with Crippen LogP contribution in [0.3, 0.4) is 0 Å². The van der Waals surface area contributed by atoms with E-state index in [1.807, 2.05) is 0 Å². The van der Waals surface area contributed by atoms with Gasteiger partial charge in [-0.15, -0.1) is 0 Å². The first-order chi connectivity index (χ1) is 13.4. The maximum absolute atomic E-state index is 11.2. The highest BCUT2D eigenvalue weighted by molar-refractivity contribution is 5.86. The van der Waals surface area contributed by atoms with Gasteiger partial charge < -0.3 is 4.74 Å². The summed E-state index contributed by atoms with van der Waals surface area (Å²) < 4.78 is 5.11. The molecule has 0 spiro atoms. The van der Waals surface area contributed by atoms with Gasteiger partial charge >= 0.3 is 5.97 Å². The van der Waals surface area contributed by atoms with Gasteiger partial charge in [-0.05, 0) is 25.2 Å². The number of esters is 1. The highest BCUT2D eigenvalue weighted by atomic mass is 16.5. The molecular weight excluding hydrogens is 344 g/mol. The molecule has 0 radical (unpaired) electrons. The average Bonchev–Trinajstić information content (AvgIpc) is 2.64. The summed E-state index contributed by atoms with van der Waals surface area (Å²) >= 11 is 0. The molecule has 0 aliphatic heterocycles. The highest BCUT2D eigenvalue weighted by Gasteiger charge is 2.03. The molecular formula is C26H50O2. The van der Waals surface area contributed by atoms with Crippen molar-refractivity contribution in [1.82, 2.24) is 0 Å². The third-order valence-electron chi connectivity index (χ3n) is 5.65. The van der Waals surface area contributed by atoms with Gasteiger partial charge in [0.1, 0.15) is 0 Å². The van der Waals surface area contributed by atoms with Crippen molar-refractivity contribution in [3.8, 4) is 0 Å². The van der Waals surface area contributed by atoms with E-state index in [2.05, 4.69) is 27.4 Å².